The first-order valence-electron chi connectivity index (χ1n) is 5.96. The third-order valence-electron chi connectivity index (χ3n) is 3.38. The van der Waals surface area contributed by atoms with Crippen molar-refractivity contribution in [1.82, 2.24) is 5.32 Å². The fourth-order valence-corrected chi connectivity index (χ4v) is 4.22. The molecule has 0 heterocycles. The molecule has 0 aromatic heterocycles. The lowest BCUT2D eigenvalue weighted by atomic mass is 9.87. The number of nitrogens with one attached hydrogen (secondary N) is 1. The topological polar surface area (TPSA) is 46.2 Å². The maximum Gasteiger partial charge on any atom is 0.154 e. The van der Waals surface area contributed by atoms with E-state index in [0.29, 0.717) is 5.92 Å². The molecule has 0 spiro atoms. The van der Waals surface area contributed by atoms with Gasteiger partial charge in [-0.2, -0.15) is 0 Å². The zero-order valence-electron chi connectivity index (χ0n) is 9.99. The molecule has 0 amide bonds. The molecular weight excluding hydrogens is 210 g/mol. The van der Waals surface area contributed by atoms with Gasteiger partial charge >= 0.3 is 0 Å². The maximum absolute atomic E-state index is 11.9. The van der Waals surface area contributed by atoms with Crippen molar-refractivity contribution in [3.63, 3.8) is 0 Å². The highest BCUT2D eigenvalue weighted by molar-refractivity contribution is 7.92. The number of hydrogen-bond donors (Lipinski definition) is 1. The van der Waals surface area contributed by atoms with E-state index < -0.39 is 9.84 Å². The Morgan fingerprint density at radius 3 is 2.47 bits per heavy atom. The second kappa shape index (κ2) is 5.30. The highest BCUT2D eigenvalue weighted by atomic mass is 32.2. The van der Waals surface area contributed by atoms with E-state index in [1.807, 2.05) is 6.92 Å². The van der Waals surface area contributed by atoms with Gasteiger partial charge in [0, 0.05) is 11.8 Å². The molecule has 1 aliphatic rings. The molecule has 0 saturated heterocycles. The Morgan fingerprint density at radius 2 is 1.93 bits per heavy atom. The van der Waals surface area contributed by atoms with E-state index in [9.17, 15) is 8.42 Å². The molecule has 0 aliphatic heterocycles. The Balaban J connectivity index is 2.79. The lowest BCUT2D eigenvalue weighted by Gasteiger charge is -2.34. The average molecular weight is 233 g/mol. The van der Waals surface area contributed by atoms with Gasteiger partial charge in [-0.15, -0.1) is 0 Å². The number of sulfone groups is 1. The fourth-order valence-electron chi connectivity index (χ4n) is 2.44. The molecule has 4 heteroatoms. The van der Waals surface area contributed by atoms with Crippen LogP contribution >= 0.6 is 0 Å². The molecule has 1 rings (SSSR count). The van der Waals surface area contributed by atoms with Crippen molar-refractivity contribution in [2.45, 2.75) is 51.3 Å². The summed E-state index contributed by atoms with van der Waals surface area (Å²) >= 11 is 0. The molecule has 0 bridgehead atoms. The normalized spacial score (nSPS) is 32.9. The molecule has 1 fully saturated rings. The third kappa shape index (κ3) is 3.18. The van der Waals surface area contributed by atoms with Crippen molar-refractivity contribution in [2.24, 2.45) is 5.92 Å². The van der Waals surface area contributed by atoms with Gasteiger partial charge in [-0.3, -0.25) is 0 Å². The van der Waals surface area contributed by atoms with Crippen LogP contribution in [-0.4, -0.2) is 32.0 Å². The Labute approximate surface area is 93.6 Å². The minimum absolute atomic E-state index is 0.161. The standard InChI is InChI=1S/C11H23NO2S/c1-4-12-10-7-6-9(3)8-11(10)15(13,14)5-2/h9-12H,4-8H2,1-3H3. The Kier molecular flexibility index (Phi) is 4.59. The van der Waals surface area contributed by atoms with E-state index >= 15 is 0 Å². The highest BCUT2D eigenvalue weighted by Gasteiger charge is 2.36. The van der Waals surface area contributed by atoms with Crippen LogP contribution in [0.3, 0.4) is 0 Å². The molecule has 3 nitrogen and oxygen atoms in total. The number of rotatable bonds is 4. The Bertz CT molecular complexity index is 287. The quantitative estimate of drug-likeness (QED) is 0.802. The first-order chi connectivity index (χ1) is 7.01. The van der Waals surface area contributed by atoms with E-state index in [1.54, 1.807) is 6.92 Å². The zero-order chi connectivity index (χ0) is 11.5. The van der Waals surface area contributed by atoms with E-state index in [4.69, 9.17) is 0 Å². The summed E-state index contributed by atoms with van der Waals surface area (Å²) in [5.41, 5.74) is 0. The van der Waals surface area contributed by atoms with Crippen molar-refractivity contribution < 1.29 is 8.42 Å². The summed E-state index contributed by atoms with van der Waals surface area (Å²) in [6, 6.07) is 0.177. The highest BCUT2D eigenvalue weighted by Crippen LogP contribution is 2.29. The third-order valence-corrected chi connectivity index (χ3v) is 5.63. The molecule has 1 aliphatic carbocycles. The SMILES string of the molecule is CCNC1CCC(C)CC1S(=O)(=O)CC. The lowest BCUT2D eigenvalue weighted by Crippen LogP contribution is -2.48. The zero-order valence-corrected chi connectivity index (χ0v) is 10.8. The van der Waals surface area contributed by atoms with E-state index in [0.717, 1.165) is 25.8 Å². The van der Waals surface area contributed by atoms with Crippen molar-refractivity contribution in [3.05, 3.63) is 0 Å². The molecule has 0 aromatic rings. The van der Waals surface area contributed by atoms with Crippen molar-refractivity contribution >= 4 is 9.84 Å². The van der Waals surface area contributed by atoms with Crippen molar-refractivity contribution in [3.8, 4) is 0 Å². The van der Waals surface area contributed by atoms with Gasteiger partial charge in [0.25, 0.3) is 0 Å². The minimum Gasteiger partial charge on any atom is -0.313 e. The molecule has 90 valence electrons. The van der Waals surface area contributed by atoms with E-state index in [-0.39, 0.29) is 17.0 Å². The molecular formula is C11H23NO2S. The molecule has 0 radical (unpaired) electrons. The van der Waals surface area contributed by atoms with Gasteiger partial charge in [-0.1, -0.05) is 20.8 Å². The van der Waals surface area contributed by atoms with Crippen LogP contribution in [0.4, 0.5) is 0 Å². The summed E-state index contributed by atoms with van der Waals surface area (Å²) < 4.78 is 23.9. The van der Waals surface area contributed by atoms with Crippen LogP contribution in [0.25, 0.3) is 0 Å². The molecule has 1 saturated carbocycles. The van der Waals surface area contributed by atoms with Gasteiger partial charge in [-0.25, -0.2) is 8.42 Å². The van der Waals surface area contributed by atoms with E-state index in [1.165, 1.54) is 0 Å². The molecule has 15 heavy (non-hydrogen) atoms. The lowest BCUT2D eigenvalue weighted by molar-refractivity contribution is 0.311. The van der Waals surface area contributed by atoms with Crippen LogP contribution in [0.15, 0.2) is 0 Å². The first kappa shape index (κ1) is 13.0. The molecule has 1 N–H and O–H groups in total. The van der Waals surface area contributed by atoms with Gasteiger partial charge in [0.2, 0.25) is 0 Å². The monoisotopic (exact) mass is 233 g/mol. The smallest absolute Gasteiger partial charge is 0.154 e. The van der Waals surface area contributed by atoms with Gasteiger partial charge in [-0.05, 0) is 31.7 Å². The van der Waals surface area contributed by atoms with Crippen LogP contribution in [0, 0.1) is 5.92 Å². The van der Waals surface area contributed by atoms with Crippen LogP contribution in [0.2, 0.25) is 0 Å². The predicted octanol–water partition coefficient (Wildman–Crippen LogP) is 1.59. The predicted molar refractivity (Wildman–Crippen MR) is 63.7 cm³/mol. The number of hydrogen-bond acceptors (Lipinski definition) is 3. The van der Waals surface area contributed by atoms with Gasteiger partial charge in [0.05, 0.1) is 5.25 Å². The van der Waals surface area contributed by atoms with Crippen LogP contribution in [0.1, 0.15) is 40.0 Å². The fraction of sp³-hybridized carbons (Fsp3) is 1.00. The van der Waals surface area contributed by atoms with Crippen molar-refractivity contribution in [2.75, 3.05) is 12.3 Å². The van der Waals surface area contributed by atoms with Crippen LogP contribution in [-0.2, 0) is 9.84 Å². The minimum atomic E-state index is -2.89. The summed E-state index contributed by atoms with van der Waals surface area (Å²) in [5.74, 6) is 0.818. The second-order valence-corrected chi connectivity index (χ2v) is 7.08. The Hall–Kier alpha value is -0.0900. The summed E-state index contributed by atoms with van der Waals surface area (Å²) in [6.07, 6.45) is 2.97. The summed E-state index contributed by atoms with van der Waals surface area (Å²) in [6.45, 7) is 6.79. The maximum atomic E-state index is 11.9. The first-order valence-corrected chi connectivity index (χ1v) is 7.67. The summed E-state index contributed by atoms with van der Waals surface area (Å²) in [7, 11) is -2.89. The van der Waals surface area contributed by atoms with Gasteiger partial charge in [0.15, 0.2) is 9.84 Å². The van der Waals surface area contributed by atoms with Gasteiger partial charge in [0.1, 0.15) is 0 Å². The van der Waals surface area contributed by atoms with Crippen LogP contribution in [0.5, 0.6) is 0 Å². The molecule has 0 aromatic carbocycles. The molecule has 3 unspecified atom stereocenters. The van der Waals surface area contributed by atoms with Crippen molar-refractivity contribution in [1.29, 1.82) is 0 Å². The second-order valence-electron chi connectivity index (χ2n) is 4.57. The summed E-state index contributed by atoms with van der Waals surface area (Å²) in [4.78, 5) is 0. The summed E-state index contributed by atoms with van der Waals surface area (Å²) in [5, 5.41) is 3.16. The average Bonchev–Trinajstić information content (AvgIpc) is 2.21. The Morgan fingerprint density at radius 1 is 1.27 bits per heavy atom. The molecule has 3 atom stereocenters. The largest absolute Gasteiger partial charge is 0.313 e. The van der Waals surface area contributed by atoms with Crippen LogP contribution < -0.4 is 5.32 Å². The van der Waals surface area contributed by atoms with E-state index in [2.05, 4.69) is 12.2 Å². The van der Waals surface area contributed by atoms with Gasteiger partial charge < -0.3 is 5.32 Å².